The number of para-hydroxylation sites is 1. The summed E-state index contributed by atoms with van der Waals surface area (Å²) in [5.74, 6) is 1.74. The fraction of sp³-hybridized carbons (Fsp3) is 0.429. The van der Waals surface area contributed by atoms with Crippen LogP contribution in [-0.4, -0.2) is 25.4 Å². The molecule has 2 aromatic rings. The fourth-order valence-electron chi connectivity index (χ4n) is 2.49. The third kappa shape index (κ3) is 6.67. The minimum atomic E-state index is -0.0431. The molecule has 0 spiro atoms. The molecule has 0 saturated carbocycles. The van der Waals surface area contributed by atoms with Crippen LogP contribution >= 0.6 is 0 Å². The van der Waals surface area contributed by atoms with E-state index in [0.29, 0.717) is 13.2 Å². The fourth-order valence-corrected chi connectivity index (χ4v) is 2.49. The van der Waals surface area contributed by atoms with Gasteiger partial charge in [-0.05, 0) is 56.2 Å². The SMILES string of the molecule is CCCc1ccccc1OCC(C)OCC(C)Oc1ccc(N)cc1. The van der Waals surface area contributed by atoms with Crippen LogP contribution < -0.4 is 15.2 Å². The van der Waals surface area contributed by atoms with Crippen LogP contribution in [0.1, 0.15) is 32.8 Å². The number of hydrogen-bond donors (Lipinski definition) is 1. The van der Waals surface area contributed by atoms with Gasteiger partial charge in [-0.15, -0.1) is 0 Å². The molecule has 0 saturated heterocycles. The molecule has 4 nitrogen and oxygen atoms in total. The van der Waals surface area contributed by atoms with Gasteiger partial charge in [-0.2, -0.15) is 0 Å². The number of nitrogen functional groups attached to an aromatic ring is 1. The van der Waals surface area contributed by atoms with E-state index in [1.807, 2.05) is 56.3 Å². The first-order chi connectivity index (χ1) is 12.1. The molecule has 0 aromatic heterocycles. The Kier molecular flexibility index (Phi) is 7.61. The van der Waals surface area contributed by atoms with Crippen molar-refractivity contribution >= 4 is 5.69 Å². The minimum absolute atomic E-state index is 0.00727. The molecule has 0 aliphatic heterocycles. The first-order valence-corrected chi connectivity index (χ1v) is 8.93. The summed E-state index contributed by atoms with van der Waals surface area (Å²) in [6.45, 7) is 7.20. The largest absolute Gasteiger partial charge is 0.491 e. The van der Waals surface area contributed by atoms with Crippen molar-refractivity contribution < 1.29 is 14.2 Å². The summed E-state index contributed by atoms with van der Waals surface area (Å²) in [6.07, 6.45) is 2.08. The van der Waals surface area contributed by atoms with Gasteiger partial charge in [0.15, 0.2) is 0 Å². The molecular formula is C21H29NO3. The van der Waals surface area contributed by atoms with Gasteiger partial charge in [0.1, 0.15) is 24.2 Å². The highest BCUT2D eigenvalue weighted by Gasteiger charge is 2.10. The topological polar surface area (TPSA) is 53.7 Å². The standard InChI is InChI=1S/C21H29NO3/c1-4-7-18-8-5-6-9-21(18)24-14-16(2)23-15-17(3)25-20-12-10-19(22)11-13-20/h5-6,8-13,16-17H,4,7,14-15,22H2,1-3H3. The second-order valence-corrected chi connectivity index (χ2v) is 6.31. The zero-order valence-electron chi connectivity index (χ0n) is 15.4. The predicted octanol–water partition coefficient (Wildman–Crippen LogP) is 4.47. The van der Waals surface area contributed by atoms with E-state index in [1.54, 1.807) is 0 Å². The van der Waals surface area contributed by atoms with Crippen molar-refractivity contribution in [3.63, 3.8) is 0 Å². The van der Waals surface area contributed by atoms with E-state index < -0.39 is 0 Å². The minimum Gasteiger partial charge on any atom is -0.491 e. The molecule has 2 atom stereocenters. The zero-order chi connectivity index (χ0) is 18.1. The highest BCUT2D eigenvalue weighted by molar-refractivity contribution is 5.41. The molecule has 2 N–H and O–H groups in total. The number of benzene rings is 2. The van der Waals surface area contributed by atoms with Crippen molar-refractivity contribution in [2.45, 2.75) is 45.8 Å². The van der Waals surface area contributed by atoms with Gasteiger partial charge in [-0.1, -0.05) is 31.5 Å². The molecule has 0 heterocycles. The molecule has 0 radical (unpaired) electrons. The zero-order valence-corrected chi connectivity index (χ0v) is 15.4. The van der Waals surface area contributed by atoms with E-state index in [2.05, 4.69) is 13.0 Å². The average Bonchev–Trinajstić information content (AvgIpc) is 2.61. The van der Waals surface area contributed by atoms with Crippen molar-refractivity contribution in [3.8, 4) is 11.5 Å². The van der Waals surface area contributed by atoms with E-state index in [4.69, 9.17) is 19.9 Å². The molecule has 2 rings (SSSR count). The van der Waals surface area contributed by atoms with Crippen LogP contribution in [0.4, 0.5) is 5.69 Å². The highest BCUT2D eigenvalue weighted by Crippen LogP contribution is 2.20. The summed E-state index contributed by atoms with van der Waals surface area (Å²) in [6, 6.07) is 15.6. The second kappa shape index (κ2) is 9.94. The Morgan fingerprint density at radius 1 is 0.920 bits per heavy atom. The lowest BCUT2D eigenvalue weighted by molar-refractivity contribution is -0.00618. The van der Waals surface area contributed by atoms with Crippen LogP contribution in [0.3, 0.4) is 0 Å². The number of anilines is 1. The van der Waals surface area contributed by atoms with Crippen LogP contribution in [0.5, 0.6) is 11.5 Å². The third-order valence-electron chi connectivity index (χ3n) is 3.80. The Balaban J connectivity index is 1.73. The average molecular weight is 343 g/mol. The molecule has 2 unspecified atom stereocenters. The number of nitrogens with two attached hydrogens (primary N) is 1. The van der Waals surface area contributed by atoms with Crippen molar-refractivity contribution in [1.29, 1.82) is 0 Å². The van der Waals surface area contributed by atoms with Gasteiger partial charge in [0.2, 0.25) is 0 Å². The molecule has 0 amide bonds. The molecule has 0 aliphatic rings. The number of ether oxygens (including phenoxy) is 3. The summed E-state index contributed by atoms with van der Waals surface area (Å²) in [4.78, 5) is 0. The Morgan fingerprint density at radius 2 is 1.64 bits per heavy atom. The second-order valence-electron chi connectivity index (χ2n) is 6.31. The van der Waals surface area contributed by atoms with Crippen LogP contribution in [0.15, 0.2) is 48.5 Å². The summed E-state index contributed by atoms with van der Waals surface area (Å²) < 4.78 is 17.6. The van der Waals surface area contributed by atoms with Crippen molar-refractivity contribution in [2.24, 2.45) is 0 Å². The van der Waals surface area contributed by atoms with Crippen LogP contribution in [0.25, 0.3) is 0 Å². The predicted molar refractivity (Wildman–Crippen MR) is 102 cm³/mol. The Bertz CT molecular complexity index is 627. The molecule has 2 aromatic carbocycles. The first kappa shape index (κ1) is 19.1. The Hall–Kier alpha value is -2.20. The highest BCUT2D eigenvalue weighted by atomic mass is 16.6. The molecule has 136 valence electrons. The first-order valence-electron chi connectivity index (χ1n) is 8.93. The molecular weight excluding hydrogens is 314 g/mol. The lowest BCUT2D eigenvalue weighted by Gasteiger charge is -2.19. The van der Waals surface area contributed by atoms with Gasteiger partial charge < -0.3 is 19.9 Å². The maximum atomic E-state index is 5.94. The van der Waals surface area contributed by atoms with Gasteiger partial charge >= 0.3 is 0 Å². The van der Waals surface area contributed by atoms with E-state index in [0.717, 1.165) is 30.0 Å². The molecule has 0 bridgehead atoms. The lowest BCUT2D eigenvalue weighted by Crippen LogP contribution is -2.26. The molecule has 0 aliphatic carbocycles. The summed E-state index contributed by atoms with van der Waals surface area (Å²) in [5.41, 5.74) is 7.65. The smallest absolute Gasteiger partial charge is 0.122 e. The maximum Gasteiger partial charge on any atom is 0.122 e. The monoisotopic (exact) mass is 343 g/mol. The maximum absolute atomic E-state index is 5.94. The van der Waals surface area contributed by atoms with E-state index >= 15 is 0 Å². The van der Waals surface area contributed by atoms with Gasteiger partial charge in [0.25, 0.3) is 0 Å². The van der Waals surface area contributed by atoms with Crippen LogP contribution in [0.2, 0.25) is 0 Å². The van der Waals surface area contributed by atoms with Gasteiger partial charge in [-0.25, -0.2) is 0 Å². The van der Waals surface area contributed by atoms with E-state index in [9.17, 15) is 0 Å². The number of aryl methyl sites for hydroxylation is 1. The van der Waals surface area contributed by atoms with E-state index in [-0.39, 0.29) is 12.2 Å². The van der Waals surface area contributed by atoms with Crippen molar-refractivity contribution in [3.05, 3.63) is 54.1 Å². The van der Waals surface area contributed by atoms with Crippen molar-refractivity contribution in [1.82, 2.24) is 0 Å². The molecule has 0 fully saturated rings. The summed E-state index contributed by atoms with van der Waals surface area (Å²) in [7, 11) is 0. The third-order valence-corrected chi connectivity index (χ3v) is 3.80. The summed E-state index contributed by atoms with van der Waals surface area (Å²) in [5, 5.41) is 0. The quantitative estimate of drug-likeness (QED) is 0.647. The lowest BCUT2D eigenvalue weighted by atomic mass is 10.1. The Labute approximate surface area is 150 Å². The summed E-state index contributed by atoms with van der Waals surface area (Å²) >= 11 is 0. The van der Waals surface area contributed by atoms with Crippen LogP contribution in [-0.2, 0) is 11.2 Å². The van der Waals surface area contributed by atoms with Gasteiger partial charge in [0, 0.05) is 5.69 Å². The van der Waals surface area contributed by atoms with E-state index in [1.165, 1.54) is 5.56 Å². The van der Waals surface area contributed by atoms with Crippen LogP contribution in [0, 0.1) is 0 Å². The Morgan fingerprint density at radius 3 is 2.36 bits per heavy atom. The number of rotatable bonds is 10. The van der Waals surface area contributed by atoms with Gasteiger partial charge in [-0.3, -0.25) is 0 Å². The normalized spacial score (nSPS) is 13.2. The van der Waals surface area contributed by atoms with Crippen molar-refractivity contribution in [2.75, 3.05) is 18.9 Å². The molecule has 25 heavy (non-hydrogen) atoms. The number of hydrogen-bond acceptors (Lipinski definition) is 4. The van der Waals surface area contributed by atoms with Gasteiger partial charge in [0.05, 0.1) is 12.7 Å². The molecule has 4 heteroatoms.